The number of hydrogen-bond donors (Lipinski definition) is 1. The Morgan fingerprint density at radius 2 is 2.31 bits per heavy atom. The third kappa shape index (κ3) is 1.86. The fraction of sp³-hybridized carbons (Fsp3) is 0.455. The molecule has 1 aliphatic heterocycles. The SMILES string of the molecule is Cc1cccc(N2CCC(O)C2)c1[N+](=O)[O-]. The van der Waals surface area contributed by atoms with Crippen molar-refractivity contribution >= 4 is 11.4 Å². The lowest BCUT2D eigenvalue weighted by Gasteiger charge is -2.18. The van der Waals surface area contributed by atoms with Crippen LogP contribution in [0.3, 0.4) is 0 Å². The summed E-state index contributed by atoms with van der Waals surface area (Å²) in [5.74, 6) is 0. The molecule has 0 bridgehead atoms. The first-order valence-corrected chi connectivity index (χ1v) is 5.26. The Morgan fingerprint density at radius 1 is 1.56 bits per heavy atom. The largest absolute Gasteiger partial charge is 0.391 e. The lowest BCUT2D eigenvalue weighted by Crippen LogP contribution is -2.22. The van der Waals surface area contributed by atoms with Crippen LogP contribution in [-0.2, 0) is 0 Å². The summed E-state index contributed by atoms with van der Waals surface area (Å²) in [6, 6.07) is 5.28. The molecule has 5 heteroatoms. The topological polar surface area (TPSA) is 66.6 Å². The van der Waals surface area contributed by atoms with Gasteiger partial charge >= 0.3 is 0 Å². The van der Waals surface area contributed by atoms with Gasteiger partial charge in [-0.15, -0.1) is 0 Å². The monoisotopic (exact) mass is 222 g/mol. The van der Waals surface area contributed by atoms with Crippen molar-refractivity contribution in [3.8, 4) is 0 Å². The molecule has 0 aromatic heterocycles. The van der Waals surface area contributed by atoms with Gasteiger partial charge in [0.2, 0.25) is 0 Å². The van der Waals surface area contributed by atoms with Crippen molar-refractivity contribution in [2.24, 2.45) is 0 Å². The van der Waals surface area contributed by atoms with Crippen LogP contribution in [0.1, 0.15) is 12.0 Å². The van der Waals surface area contributed by atoms with Gasteiger partial charge in [-0.05, 0) is 19.4 Å². The first-order valence-electron chi connectivity index (χ1n) is 5.26. The summed E-state index contributed by atoms with van der Waals surface area (Å²) in [5, 5.41) is 20.4. The highest BCUT2D eigenvalue weighted by atomic mass is 16.6. The third-order valence-corrected chi connectivity index (χ3v) is 2.90. The number of hydrogen-bond acceptors (Lipinski definition) is 4. The number of aliphatic hydroxyl groups is 1. The van der Waals surface area contributed by atoms with Gasteiger partial charge in [-0.3, -0.25) is 10.1 Å². The van der Waals surface area contributed by atoms with E-state index < -0.39 is 0 Å². The second kappa shape index (κ2) is 4.09. The van der Waals surface area contributed by atoms with Crippen LogP contribution in [-0.4, -0.2) is 29.2 Å². The fourth-order valence-electron chi connectivity index (χ4n) is 2.10. The zero-order valence-electron chi connectivity index (χ0n) is 9.09. The molecule has 16 heavy (non-hydrogen) atoms. The number of aryl methyl sites for hydroxylation is 1. The van der Waals surface area contributed by atoms with E-state index in [4.69, 9.17) is 0 Å². The molecule has 1 saturated heterocycles. The number of nitrogens with zero attached hydrogens (tertiary/aromatic N) is 2. The summed E-state index contributed by atoms with van der Waals surface area (Å²) in [7, 11) is 0. The van der Waals surface area contributed by atoms with Crippen LogP contribution in [0.15, 0.2) is 18.2 Å². The van der Waals surface area contributed by atoms with Crippen molar-refractivity contribution in [2.75, 3.05) is 18.0 Å². The molecule has 0 amide bonds. The van der Waals surface area contributed by atoms with Crippen molar-refractivity contribution in [1.29, 1.82) is 0 Å². The number of nitro groups is 1. The van der Waals surface area contributed by atoms with Crippen molar-refractivity contribution in [2.45, 2.75) is 19.4 Å². The first kappa shape index (κ1) is 10.9. The summed E-state index contributed by atoms with van der Waals surface area (Å²) >= 11 is 0. The quantitative estimate of drug-likeness (QED) is 0.608. The Balaban J connectivity index is 2.40. The van der Waals surface area contributed by atoms with E-state index in [0.717, 1.165) is 0 Å². The minimum absolute atomic E-state index is 0.150. The number of nitro benzene ring substituents is 1. The summed E-state index contributed by atoms with van der Waals surface area (Å²) in [5.41, 5.74) is 1.42. The van der Waals surface area contributed by atoms with Crippen molar-refractivity contribution < 1.29 is 10.0 Å². The van der Waals surface area contributed by atoms with Crippen LogP contribution in [0.2, 0.25) is 0 Å². The highest BCUT2D eigenvalue weighted by Crippen LogP contribution is 2.33. The van der Waals surface area contributed by atoms with Crippen LogP contribution in [0, 0.1) is 17.0 Å². The Morgan fingerprint density at radius 3 is 2.88 bits per heavy atom. The molecule has 0 spiro atoms. The smallest absolute Gasteiger partial charge is 0.295 e. The van der Waals surface area contributed by atoms with E-state index in [1.54, 1.807) is 19.1 Å². The maximum atomic E-state index is 11.0. The van der Waals surface area contributed by atoms with Gasteiger partial charge in [0.15, 0.2) is 0 Å². The van der Waals surface area contributed by atoms with Gasteiger partial charge in [-0.25, -0.2) is 0 Å². The number of aliphatic hydroxyl groups excluding tert-OH is 1. The Labute approximate surface area is 93.5 Å². The molecule has 5 nitrogen and oxygen atoms in total. The predicted molar refractivity (Wildman–Crippen MR) is 60.7 cm³/mol. The van der Waals surface area contributed by atoms with E-state index in [1.807, 2.05) is 11.0 Å². The standard InChI is InChI=1S/C11H14N2O3/c1-8-3-2-4-10(11(8)13(15)16)12-6-5-9(14)7-12/h2-4,9,14H,5-7H2,1H3. The number of para-hydroxylation sites is 1. The summed E-state index contributed by atoms with van der Waals surface area (Å²) < 4.78 is 0. The molecule has 1 aliphatic rings. The lowest BCUT2D eigenvalue weighted by molar-refractivity contribution is -0.384. The van der Waals surface area contributed by atoms with Crippen LogP contribution in [0.25, 0.3) is 0 Å². The molecule has 0 saturated carbocycles. The Hall–Kier alpha value is -1.62. The molecule has 1 atom stereocenters. The Bertz CT molecular complexity index is 420. The van der Waals surface area contributed by atoms with Crippen molar-refractivity contribution in [3.05, 3.63) is 33.9 Å². The summed E-state index contributed by atoms with van der Waals surface area (Å²) in [6.45, 7) is 2.88. The van der Waals surface area contributed by atoms with Gasteiger partial charge < -0.3 is 10.0 Å². The highest BCUT2D eigenvalue weighted by Gasteiger charge is 2.27. The average Bonchev–Trinajstić information content (AvgIpc) is 2.63. The molecular formula is C11H14N2O3. The zero-order valence-corrected chi connectivity index (χ0v) is 9.09. The van der Waals surface area contributed by atoms with Gasteiger partial charge in [-0.2, -0.15) is 0 Å². The number of β-amino-alcohol motifs (C(OH)–C–C–N with tert-alkyl or cyclic N) is 1. The van der Waals surface area contributed by atoms with Gasteiger partial charge in [0.1, 0.15) is 5.69 Å². The van der Waals surface area contributed by atoms with Crippen LogP contribution in [0.5, 0.6) is 0 Å². The van der Waals surface area contributed by atoms with Gasteiger partial charge in [0.05, 0.1) is 11.0 Å². The Kier molecular flexibility index (Phi) is 2.78. The van der Waals surface area contributed by atoms with E-state index in [-0.39, 0.29) is 16.7 Å². The summed E-state index contributed by atoms with van der Waals surface area (Å²) in [6.07, 6.45) is 0.297. The second-order valence-corrected chi connectivity index (χ2v) is 4.09. The maximum absolute atomic E-state index is 11.0. The first-order chi connectivity index (χ1) is 7.59. The van der Waals surface area contributed by atoms with Crippen LogP contribution >= 0.6 is 0 Å². The molecule has 1 unspecified atom stereocenters. The van der Waals surface area contributed by atoms with Crippen molar-refractivity contribution in [1.82, 2.24) is 0 Å². The highest BCUT2D eigenvalue weighted by molar-refractivity contribution is 5.67. The average molecular weight is 222 g/mol. The predicted octanol–water partition coefficient (Wildman–Crippen LogP) is 1.47. The molecule has 86 valence electrons. The van der Waals surface area contributed by atoms with E-state index in [1.165, 1.54) is 0 Å². The molecule has 1 heterocycles. The number of benzene rings is 1. The van der Waals surface area contributed by atoms with Gasteiger partial charge in [-0.1, -0.05) is 12.1 Å². The zero-order chi connectivity index (χ0) is 11.7. The second-order valence-electron chi connectivity index (χ2n) is 4.09. The minimum atomic E-state index is -0.375. The van der Waals surface area contributed by atoms with E-state index in [2.05, 4.69) is 0 Å². The maximum Gasteiger partial charge on any atom is 0.295 e. The lowest BCUT2D eigenvalue weighted by atomic mass is 10.1. The third-order valence-electron chi connectivity index (χ3n) is 2.90. The van der Waals surface area contributed by atoms with Gasteiger partial charge in [0, 0.05) is 18.7 Å². The molecule has 2 rings (SSSR count). The van der Waals surface area contributed by atoms with Crippen molar-refractivity contribution in [3.63, 3.8) is 0 Å². The molecule has 1 fully saturated rings. The molecule has 1 N–H and O–H groups in total. The van der Waals surface area contributed by atoms with E-state index in [0.29, 0.717) is 30.8 Å². The normalized spacial score (nSPS) is 20.1. The van der Waals surface area contributed by atoms with E-state index in [9.17, 15) is 15.2 Å². The number of rotatable bonds is 2. The molecule has 1 aromatic carbocycles. The number of anilines is 1. The van der Waals surface area contributed by atoms with Crippen LogP contribution in [0.4, 0.5) is 11.4 Å². The fourth-order valence-corrected chi connectivity index (χ4v) is 2.10. The van der Waals surface area contributed by atoms with Crippen LogP contribution < -0.4 is 4.90 Å². The summed E-state index contributed by atoms with van der Waals surface area (Å²) in [4.78, 5) is 12.5. The minimum Gasteiger partial charge on any atom is -0.391 e. The molecule has 0 aliphatic carbocycles. The molecule has 0 radical (unpaired) electrons. The molecular weight excluding hydrogens is 208 g/mol. The van der Waals surface area contributed by atoms with Gasteiger partial charge in [0.25, 0.3) is 5.69 Å². The molecule has 1 aromatic rings. The van der Waals surface area contributed by atoms with E-state index >= 15 is 0 Å².